The van der Waals surface area contributed by atoms with E-state index in [2.05, 4.69) is 21.2 Å². The molecule has 2 aromatic rings. The Kier molecular flexibility index (Phi) is 5.03. The summed E-state index contributed by atoms with van der Waals surface area (Å²) in [7, 11) is 0. The summed E-state index contributed by atoms with van der Waals surface area (Å²) in [6, 6.07) is 10.4. The third kappa shape index (κ3) is 4.09. The maximum atomic E-state index is 13.6. The second-order valence-corrected chi connectivity index (χ2v) is 5.37. The number of hydrogen-bond donors (Lipinski definition) is 2. The minimum absolute atomic E-state index is 0.00668. The molecule has 3 N–H and O–H groups in total. The average Bonchev–Trinajstić information content (AvgIpc) is 2.43. The van der Waals surface area contributed by atoms with E-state index in [0.29, 0.717) is 6.07 Å². The average molecular weight is 355 g/mol. The minimum Gasteiger partial charge on any atom is -0.324 e. The summed E-state index contributed by atoms with van der Waals surface area (Å²) in [6.07, 6.45) is -0.00668. The van der Waals surface area contributed by atoms with Crippen molar-refractivity contribution in [2.75, 3.05) is 5.32 Å². The highest BCUT2D eigenvalue weighted by Crippen LogP contribution is 2.27. The molecule has 2 rings (SSSR count). The number of halogens is 3. The number of nitrogens with two attached hydrogens (primary N) is 1. The highest BCUT2D eigenvalue weighted by molar-refractivity contribution is 9.10. The van der Waals surface area contributed by atoms with E-state index < -0.39 is 23.6 Å². The number of carbonyl (C=O) groups excluding carboxylic acids is 1. The first-order valence-corrected chi connectivity index (χ1v) is 7.01. The Hall–Kier alpha value is -1.79. The van der Waals surface area contributed by atoms with Gasteiger partial charge in [-0.1, -0.05) is 30.3 Å². The predicted octanol–water partition coefficient (Wildman–Crippen LogP) is 3.76. The molecule has 110 valence electrons. The number of anilines is 1. The van der Waals surface area contributed by atoms with Gasteiger partial charge in [-0.3, -0.25) is 4.79 Å². The zero-order chi connectivity index (χ0) is 15.4. The topological polar surface area (TPSA) is 55.1 Å². The van der Waals surface area contributed by atoms with Gasteiger partial charge in [0.2, 0.25) is 5.91 Å². The second kappa shape index (κ2) is 6.78. The third-order valence-corrected chi connectivity index (χ3v) is 3.53. The quantitative estimate of drug-likeness (QED) is 0.878. The van der Waals surface area contributed by atoms with Crippen molar-refractivity contribution in [1.29, 1.82) is 0 Å². The van der Waals surface area contributed by atoms with E-state index in [0.717, 1.165) is 11.6 Å². The van der Waals surface area contributed by atoms with E-state index in [-0.39, 0.29) is 16.6 Å². The SMILES string of the molecule is NC(CC(=O)Nc1c(F)cc(F)cc1Br)c1ccccc1. The van der Waals surface area contributed by atoms with Crippen molar-refractivity contribution in [1.82, 2.24) is 0 Å². The molecule has 0 aliphatic rings. The first kappa shape index (κ1) is 15.6. The van der Waals surface area contributed by atoms with Crippen LogP contribution in [0.15, 0.2) is 46.9 Å². The lowest BCUT2D eigenvalue weighted by Gasteiger charge is -2.13. The van der Waals surface area contributed by atoms with Gasteiger partial charge in [0.05, 0.1) is 5.69 Å². The van der Waals surface area contributed by atoms with Gasteiger partial charge in [0, 0.05) is 23.0 Å². The number of rotatable bonds is 4. The molecule has 0 spiro atoms. The molecule has 1 atom stereocenters. The molecule has 6 heteroatoms. The fraction of sp³-hybridized carbons (Fsp3) is 0.133. The van der Waals surface area contributed by atoms with Crippen LogP contribution in [0.4, 0.5) is 14.5 Å². The fourth-order valence-corrected chi connectivity index (χ4v) is 2.38. The van der Waals surface area contributed by atoms with Crippen LogP contribution in [0.3, 0.4) is 0 Å². The largest absolute Gasteiger partial charge is 0.324 e. The maximum Gasteiger partial charge on any atom is 0.226 e. The second-order valence-electron chi connectivity index (χ2n) is 4.51. The molecule has 0 fully saturated rings. The summed E-state index contributed by atoms with van der Waals surface area (Å²) in [5, 5.41) is 2.40. The highest BCUT2D eigenvalue weighted by Gasteiger charge is 2.16. The number of hydrogen-bond acceptors (Lipinski definition) is 2. The molecular weight excluding hydrogens is 342 g/mol. The van der Waals surface area contributed by atoms with Crippen LogP contribution in [-0.2, 0) is 4.79 Å². The molecular formula is C15H13BrF2N2O. The van der Waals surface area contributed by atoms with E-state index in [4.69, 9.17) is 5.73 Å². The van der Waals surface area contributed by atoms with Crippen molar-refractivity contribution >= 4 is 27.5 Å². The maximum absolute atomic E-state index is 13.6. The standard InChI is InChI=1S/C15H13BrF2N2O/c16-11-6-10(17)7-12(18)15(11)20-14(21)8-13(19)9-4-2-1-3-5-9/h1-7,13H,8,19H2,(H,20,21). The molecule has 1 amide bonds. The highest BCUT2D eigenvalue weighted by atomic mass is 79.9. The van der Waals surface area contributed by atoms with Crippen LogP contribution in [0.25, 0.3) is 0 Å². The van der Waals surface area contributed by atoms with E-state index in [9.17, 15) is 13.6 Å². The van der Waals surface area contributed by atoms with Crippen LogP contribution >= 0.6 is 15.9 Å². The van der Waals surface area contributed by atoms with Gasteiger partial charge in [-0.2, -0.15) is 0 Å². The molecule has 0 aromatic heterocycles. The zero-order valence-electron chi connectivity index (χ0n) is 10.9. The molecule has 0 aliphatic heterocycles. The molecule has 0 bridgehead atoms. The summed E-state index contributed by atoms with van der Waals surface area (Å²) in [6.45, 7) is 0. The van der Waals surface area contributed by atoms with Crippen LogP contribution in [-0.4, -0.2) is 5.91 Å². The molecule has 0 aliphatic carbocycles. The van der Waals surface area contributed by atoms with Gasteiger partial charge in [-0.15, -0.1) is 0 Å². The van der Waals surface area contributed by atoms with Crippen molar-refractivity contribution in [3.63, 3.8) is 0 Å². The van der Waals surface area contributed by atoms with Gasteiger partial charge in [0.15, 0.2) is 5.82 Å². The van der Waals surface area contributed by atoms with Crippen LogP contribution in [0.5, 0.6) is 0 Å². The lowest BCUT2D eigenvalue weighted by molar-refractivity contribution is -0.116. The third-order valence-electron chi connectivity index (χ3n) is 2.90. The normalized spacial score (nSPS) is 12.0. The van der Waals surface area contributed by atoms with Crippen molar-refractivity contribution in [2.45, 2.75) is 12.5 Å². The first-order valence-electron chi connectivity index (χ1n) is 6.22. The minimum atomic E-state index is -0.844. The molecule has 3 nitrogen and oxygen atoms in total. The monoisotopic (exact) mass is 354 g/mol. The molecule has 0 saturated carbocycles. The summed E-state index contributed by atoms with van der Waals surface area (Å²) in [5.41, 5.74) is 6.64. The summed E-state index contributed by atoms with van der Waals surface area (Å²) in [4.78, 5) is 11.9. The van der Waals surface area contributed by atoms with E-state index in [1.54, 1.807) is 0 Å². The Labute approximate surface area is 129 Å². The van der Waals surface area contributed by atoms with Crippen LogP contribution < -0.4 is 11.1 Å². The number of nitrogens with one attached hydrogen (secondary N) is 1. The Balaban J connectivity index is 2.06. The molecule has 0 heterocycles. The van der Waals surface area contributed by atoms with Gasteiger partial charge in [-0.05, 0) is 27.6 Å². The predicted molar refractivity (Wildman–Crippen MR) is 80.7 cm³/mol. The Bertz CT molecular complexity index is 626. The number of benzene rings is 2. The number of carbonyl (C=O) groups is 1. The molecule has 21 heavy (non-hydrogen) atoms. The van der Waals surface area contributed by atoms with Crippen LogP contribution in [0.2, 0.25) is 0 Å². The van der Waals surface area contributed by atoms with Gasteiger partial charge in [0.1, 0.15) is 5.82 Å². The molecule has 0 radical (unpaired) electrons. The Morgan fingerprint density at radius 1 is 1.24 bits per heavy atom. The van der Waals surface area contributed by atoms with E-state index in [1.807, 2.05) is 30.3 Å². The molecule has 2 aromatic carbocycles. The van der Waals surface area contributed by atoms with Gasteiger partial charge < -0.3 is 11.1 Å². The Morgan fingerprint density at radius 3 is 2.52 bits per heavy atom. The van der Waals surface area contributed by atoms with E-state index >= 15 is 0 Å². The smallest absolute Gasteiger partial charge is 0.226 e. The van der Waals surface area contributed by atoms with Gasteiger partial charge in [-0.25, -0.2) is 8.78 Å². The van der Waals surface area contributed by atoms with Gasteiger partial charge >= 0.3 is 0 Å². The Morgan fingerprint density at radius 2 is 1.90 bits per heavy atom. The van der Waals surface area contributed by atoms with Gasteiger partial charge in [0.25, 0.3) is 0 Å². The lowest BCUT2D eigenvalue weighted by Crippen LogP contribution is -2.21. The van der Waals surface area contributed by atoms with Crippen LogP contribution in [0.1, 0.15) is 18.0 Å². The van der Waals surface area contributed by atoms with E-state index in [1.165, 1.54) is 0 Å². The molecule has 0 saturated heterocycles. The molecule has 1 unspecified atom stereocenters. The zero-order valence-corrected chi connectivity index (χ0v) is 12.5. The van der Waals surface area contributed by atoms with Crippen molar-refractivity contribution in [3.8, 4) is 0 Å². The van der Waals surface area contributed by atoms with Crippen molar-refractivity contribution < 1.29 is 13.6 Å². The van der Waals surface area contributed by atoms with Crippen molar-refractivity contribution in [2.24, 2.45) is 5.73 Å². The summed E-state index contributed by atoms with van der Waals surface area (Å²) in [5.74, 6) is -2.01. The lowest BCUT2D eigenvalue weighted by atomic mass is 10.0. The number of amides is 1. The summed E-state index contributed by atoms with van der Waals surface area (Å²) < 4.78 is 26.7. The van der Waals surface area contributed by atoms with Crippen LogP contribution in [0, 0.1) is 11.6 Å². The first-order chi connectivity index (χ1) is 9.97. The van der Waals surface area contributed by atoms with Crippen molar-refractivity contribution in [3.05, 3.63) is 64.1 Å². The fourth-order valence-electron chi connectivity index (χ4n) is 1.87. The summed E-state index contributed by atoms with van der Waals surface area (Å²) >= 11 is 3.01.